The maximum atomic E-state index is 10.7. The van der Waals surface area contributed by atoms with Gasteiger partial charge in [-0.05, 0) is 24.3 Å². The number of aliphatic carboxylic acids is 2. The molecular formula is C14H18O8. The van der Waals surface area contributed by atoms with Gasteiger partial charge in [-0.15, -0.1) is 0 Å². The van der Waals surface area contributed by atoms with Gasteiger partial charge in [0.25, 0.3) is 0 Å². The van der Waals surface area contributed by atoms with E-state index in [9.17, 15) is 19.2 Å². The van der Waals surface area contributed by atoms with Crippen molar-refractivity contribution in [3.05, 3.63) is 24.3 Å². The SMILES string of the molecule is COC1(OC)C=CC(=O)C=C1.O=C(O)CCC(=O)CC(=O)O. The molecular weight excluding hydrogens is 296 g/mol. The van der Waals surface area contributed by atoms with Gasteiger partial charge in [-0.25, -0.2) is 0 Å². The molecule has 0 radical (unpaired) electrons. The predicted octanol–water partition coefficient (Wildman–Crippen LogP) is 0.566. The summed E-state index contributed by atoms with van der Waals surface area (Å²) in [5, 5.41) is 16.2. The molecule has 8 heteroatoms. The van der Waals surface area contributed by atoms with Gasteiger partial charge in [-0.3, -0.25) is 19.2 Å². The molecule has 0 saturated heterocycles. The van der Waals surface area contributed by atoms with Crippen molar-refractivity contribution in [2.24, 2.45) is 0 Å². The van der Waals surface area contributed by atoms with Crippen molar-refractivity contribution in [3.8, 4) is 0 Å². The van der Waals surface area contributed by atoms with E-state index in [4.69, 9.17) is 19.7 Å². The summed E-state index contributed by atoms with van der Waals surface area (Å²) in [6.45, 7) is 0. The second kappa shape index (κ2) is 9.59. The van der Waals surface area contributed by atoms with E-state index in [0.717, 1.165) is 0 Å². The highest BCUT2D eigenvalue weighted by atomic mass is 16.7. The molecule has 0 aromatic carbocycles. The third-order valence-electron chi connectivity index (χ3n) is 2.56. The lowest BCUT2D eigenvalue weighted by Gasteiger charge is -2.24. The Labute approximate surface area is 127 Å². The molecule has 0 atom stereocenters. The third kappa shape index (κ3) is 8.08. The number of ether oxygens (including phenoxy) is 2. The number of Topliss-reactive ketones (excluding diaryl/α,β-unsaturated/α-hetero) is 1. The summed E-state index contributed by atoms with van der Waals surface area (Å²) in [4.78, 5) is 41.0. The number of hydrogen-bond acceptors (Lipinski definition) is 6. The van der Waals surface area contributed by atoms with E-state index in [1.54, 1.807) is 12.2 Å². The lowest BCUT2D eigenvalue weighted by Crippen LogP contribution is -2.30. The highest BCUT2D eigenvalue weighted by Crippen LogP contribution is 2.18. The van der Waals surface area contributed by atoms with Crippen molar-refractivity contribution in [3.63, 3.8) is 0 Å². The molecule has 0 fully saturated rings. The minimum Gasteiger partial charge on any atom is -0.481 e. The van der Waals surface area contributed by atoms with Gasteiger partial charge in [0, 0.05) is 20.6 Å². The van der Waals surface area contributed by atoms with Crippen LogP contribution >= 0.6 is 0 Å². The number of carbonyl (C=O) groups is 4. The summed E-state index contributed by atoms with van der Waals surface area (Å²) in [5.74, 6) is -3.76. The smallest absolute Gasteiger partial charge is 0.310 e. The predicted molar refractivity (Wildman–Crippen MR) is 74.2 cm³/mol. The Hall–Kier alpha value is -2.32. The molecule has 0 spiro atoms. The Balaban J connectivity index is 0.000000401. The van der Waals surface area contributed by atoms with Crippen LogP contribution in [0, 0.1) is 0 Å². The monoisotopic (exact) mass is 314 g/mol. The van der Waals surface area contributed by atoms with Crippen LogP contribution in [0.15, 0.2) is 24.3 Å². The van der Waals surface area contributed by atoms with Crippen LogP contribution in [0.4, 0.5) is 0 Å². The molecule has 0 amide bonds. The molecule has 2 N–H and O–H groups in total. The Kier molecular flexibility index (Phi) is 8.58. The number of carboxylic acid groups (broad SMARTS) is 2. The fraction of sp³-hybridized carbons (Fsp3) is 0.429. The Morgan fingerprint density at radius 3 is 1.86 bits per heavy atom. The van der Waals surface area contributed by atoms with Gasteiger partial charge >= 0.3 is 11.9 Å². The van der Waals surface area contributed by atoms with Crippen LogP contribution in [0.1, 0.15) is 19.3 Å². The molecule has 0 bridgehead atoms. The van der Waals surface area contributed by atoms with Crippen LogP contribution in [0.3, 0.4) is 0 Å². The maximum Gasteiger partial charge on any atom is 0.310 e. The van der Waals surface area contributed by atoms with Crippen molar-refractivity contribution in [1.82, 2.24) is 0 Å². The first-order valence-electron chi connectivity index (χ1n) is 6.22. The Morgan fingerprint density at radius 1 is 1.00 bits per heavy atom. The van der Waals surface area contributed by atoms with Gasteiger partial charge in [0.2, 0.25) is 5.79 Å². The fourth-order valence-corrected chi connectivity index (χ4v) is 1.37. The second-order valence-corrected chi connectivity index (χ2v) is 4.20. The average Bonchev–Trinajstić information content (AvgIpc) is 2.46. The van der Waals surface area contributed by atoms with Gasteiger partial charge in [-0.1, -0.05) is 0 Å². The third-order valence-corrected chi connectivity index (χ3v) is 2.56. The van der Waals surface area contributed by atoms with Crippen LogP contribution in [0.5, 0.6) is 0 Å². The number of carboxylic acids is 2. The molecule has 8 nitrogen and oxygen atoms in total. The van der Waals surface area contributed by atoms with Crippen molar-refractivity contribution in [1.29, 1.82) is 0 Å². The molecule has 0 aromatic heterocycles. The molecule has 0 aromatic rings. The number of carbonyl (C=O) groups excluding carboxylic acids is 2. The molecule has 0 aliphatic heterocycles. The van der Waals surface area contributed by atoms with E-state index < -0.39 is 29.9 Å². The van der Waals surface area contributed by atoms with E-state index in [1.807, 2.05) is 0 Å². The summed E-state index contributed by atoms with van der Waals surface area (Å²) < 4.78 is 10.1. The fourth-order valence-electron chi connectivity index (χ4n) is 1.37. The lowest BCUT2D eigenvalue weighted by atomic mass is 10.1. The number of ketones is 2. The van der Waals surface area contributed by atoms with Gasteiger partial charge in [0.1, 0.15) is 12.2 Å². The largest absolute Gasteiger partial charge is 0.481 e. The van der Waals surface area contributed by atoms with Crippen LogP contribution in [0.25, 0.3) is 0 Å². The van der Waals surface area contributed by atoms with E-state index in [1.165, 1.54) is 26.4 Å². The summed E-state index contributed by atoms with van der Waals surface area (Å²) in [5.41, 5.74) is 0. The van der Waals surface area contributed by atoms with E-state index in [-0.39, 0.29) is 18.6 Å². The summed E-state index contributed by atoms with van der Waals surface area (Å²) in [6.07, 6.45) is 4.91. The highest BCUT2D eigenvalue weighted by Gasteiger charge is 2.24. The topological polar surface area (TPSA) is 127 Å². The van der Waals surface area contributed by atoms with Crippen LogP contribution in [-0.2, 0) is 28.7 Å². The zero-order chi connectivity index (χ0) is 17.2. The molecule has 0 saturated carbocycles. The van der Waals surface area contributed by atoms with Crippen LogP contribution in [0.2, 0.25) is 0 Å². The summed E-state index contributed by atoms with van der Waals surface area (Å²) >= 11 is 0. The quantitative estimate of drug-likeness (QED) is 0.515. The normalized spacial score (nSPS) is 14.9. The highest BCUT2D eigenvalue weighted by molar-refractivity contribution is 6.00. The average molecular weight is 314 g/mol. The lowest BCUT2D eigenvalue weighted by molar-refractivity contribution is -0.142. The van der Waals surface area contributed by atoms with Gasteiger partial charge < -0.3 is 19.7 Å². The van der Waals surface area contributed by atoms with E-state index in [2.05, 4.69) is 0 Å². The van der Waals surface area contributed by atoms with E-state index >= 15 is 0 Å². The molecule has 1 aliphatic carbocycles. The van der Waals surface area contributed by atoms with Gasteiger partial charge in [0.05, 0.1) is 6.42 Å². The summed E-state index contributed by atoms with van der Waals surface area (Å²) in [6, 6.07) is 0. The molecule has 122 valence electrons. The second-order valence-electron chi connectivity index (χ2n) is 4.20. The molecule has 22 heavy (non-hydrogen) atoms. The summed E-state index contributed by atoms with van der Waals surface area (Å²) in [7, 11) is 3.04. The molecule has 0 heterocycles. The maximum absolute atomic E-state index is 10.7. The number of rotatable bonds is 7. The number of allylic oxidation sites excluding steroid dienone is 2. The van der Waals surface area contributed by atoms with Crippen LogP contribution in [-0.4, -0.2) is 53.7 Å². The minimum atomic E-state index is -1.22. The van der Waals surface area contributed by atoms with E-state index in [0.29, 0.717) is 0 Å². The zero-order valence-electron chi connectivity index (χ0n) is 12.3. The number of methoxy groups -OCH3 is 2. The zero-order valence-corrected chi connectivity index (χ0v) is 12.3. The van der Waals surface area contributed by atoms with Crippen LogP contribution < -0.4 is 0 Å². The van der Waals surface area contributed by atoms with Crippen molar-refractivity contribution >= 4 is 23.5 Å². The molecule has 1 rings (SSSR count). The van der Waals surface area contributed by atoms with Gasteiger partial charge in [0.15, 0.2) is 5.78 Å². The number of hydrogen-bond donors (Lipinski definition) is 2. The minimum absolute atomic E-state index is 0.0466. The first-order valence-corrected chi connectivity index (χ1v) is 6.22. The van der Waals surface area contributed by atoms with Crippen molar-refractivity contribution < 1.29 is 38.9 Å². The van der Waals surface area contributed by atoms with Crippen molar-refractivity contribution in [2.45, 2.75) is 25.0 Å². The Bertz CT molecular complexity index is 467. The van der Waals surface area contributed by atoms with Crippen molar-refractivity contribution in [2.75, 3.05) is 14.2 Å². The van der Waals surface area contributed by atoms with Gasteiger partial charge in [-0.2, -0.15) is 0 Å². The molecule has 0 unspecified atom stereocenters. The Morgan fingerprint density at radius 2 is 1.50 bits per heavy atom. The molecule has 1 aliphatic rings. The standard InChI is InChI=1S/C8H10O3.C6H8O5/c1-10-8(11-2)5-3-7(9)4-6-8;7-4(3-6(10)11)1-2-5(8)9/h3-6H,1-2H3;1-3H2,(H,8,9)(H,10,11). The first kappa shape index (κ1) is 19.7. The first-order chi connectivity index (χ1) is 10.2.